The van der Waals surface area contributed by atoms with Crippen molar-refractivity contribution in [2.75, 3.05) is 6.54 Å². The Morgan fingerprint density at radius 3 is 2.67 bits per heavy atom. The highest BCUT2D eigenvalue weighted by molar-refractivity contribution is 5.93. The van der Waals surface area contributed by atoms with Crippen molar-refractivity contribution in [3.05, 3.63) is 70.9 Å². The maximum absolute atomic E-state index is 12.6. The number of primary amides is 1. The number of fused-ring (bicyclic) bond motifs is 4. The number of benzene rings is 2. The summed E-state index contributed by atoms with van der Waals surface area (Å²) in [4.78, 5) is 12.6. The second-order valence-corrected chi connectivity index (χ2v) is 6.82. The van der Waals surface area contributed by atoms with E-state index >= 15 is 0 Å². The van der Waals surface area contributed by atoms with Gasteiger partial charge in [-0.3, -0.25) is 10.1 Å². The van der Waals surface area contributed by atoms with E-state index in [0.29, 0.717) is 6.42 Å². The van der Waals surface area contributed by atoms with Gasteiger partial charge in [-0.1, -0.05) is 42.5 Å². The molecule has 3 N–H and O–H groups in total. The minimum absolute atomic E-state index is 0.288. The Morgan fingerprint density at radius 2 is 1.83 bits per heavy atom. The van der Waals surface area contributed by atoms with Crippen molar-refractivity contribution in [3.8, 4) is 0 Å². The lowest BCUT2D eigenvalue weighted by molar-refractivity contribution is -0.125. The predicted molar refractivity (Wildman–Crippen MR) is 93.8 cm³/mol. The minimum Gasteiger partial charge on any atom is -0.368 e. The highest BCUT2D eigenvalue weighted by atomic mass is 16.1. The smallest absolute Gasteiger partial charge is 0.244 e. The Morgan fingerprint density at radius 1 is 1.08 bits per heavy atom. The van der Waals surface area contributed by atoms with Crippen molar-refractivity contribution >= 4 is 16.8 Å². The molecule has 1 amide bonds. The lowest BCUT2D eigenvalue weighted by atomic mass is 9.81. The summed E-state index contributed by atoms with van der Waals surface area (Å²) in [6, 6.07) is 16.8. The average molecular weight is 317 g/mol. The van der Waals surface area contributed by atoms with Crippen LogP contribution in [0.15, 0.2) is 48.5 Å². The quantitative estimate of drug-likeness (QED) is 0.722. The van der Waals surface area contributed by atoms with E-state index in [2.05, 4.69) is 52.3 Å². The lowest BCUT2D eigenvalue weighted by Gasteiger charge is -2.36. The molecular formula is C20H19N3O. The van der Waals surface area contributed by atoms with E-state index in [-0.39, 0.29) is 5.91 Å². The fourth-order valence-corrected chi connectivity index (χ4v) is 4.54. The second kappa shape index (κ2) is 4.71. The molecular weight excluding hydrogens is 298 g/mol. The number of nitrogens with zero attached hydrogens (tertiary/aromatic N) is 1. The van der Waals surface area contributed by atoms with E-state index in [1.165, 1.54) is 27.6 Å². The van der Waals surface area contributed by atoms with Gasteiger partial charge in [0.05, 0.1) is 5.69 Å². The maximum Gasteiger partial charge on any atom is 0.244 e. The van der Waals surface area contributed by atoms with Crippen LogP contribution in [-0.2, 0) is 29.7 Å². The molecule has 0 radical (unpaired) electrons. The number of para-hydroxylation sites is 1. The molecule has 0 saturated carbocycles. The van der Waals surface area contributed by atoms with E-state index in [1.807, 2.05) is 6.07 Å². The zero-order valence-corrected chi connectivity index (χ0v) is 13.4. The van der Waals surface area contributed by atoms with Crippen LogP contribution in [0, 0.1) is 0 Å². The highest BCUT2D eigenvalue weighted by Gasteiger charge is 2.47. The number of nitrogens with two attached hydrogens (primary N) is 1. The molecule has 2 aliphatic rings. The molecule has 4 heteroatoms. The summed E-state index contributed by atoms with van der Waals surface area (Å²) < 4.78 is 2.30. The Labute approximate surface area is 140 Å². The first-order chi connectivity index (χ1) is 11.7. The third-order valence-corrected chi connectivity index (χ3v) is 5.60. The Kier molecular flexibility index (Phi) is 2.71. The van der Waals surface area contributed by atoms with Crippen LogP contribution in [0.5, 0.6) is 0 Å². The molecule has 2 aromatic carbocycles. The van der Waals surface area contributed by atoms with Gasteiger partial charge < -0.3 is 10.3 Å². The summed E-state index contributed by atoms with van der Waals surface area (Å²) in [7, 11) is 0. The minimum atomic E-state index is -0.820. The van der Waals surface area contributed by atoms with Gasteiger partial charge in [0.25, 0.3) is 0 Å². The van der Waals surface area contributed by atoms with Crippen LogP contribution in [0.1, 0.15) is 22.4 Å². The van der Waals surface area contributed by atoms with E-state index < -0.39 is 5.54 Å². The molecule has 120 valence electrons. The first-order valence-corrected chi connectivity index (χ1v) is 8.43. The van der Waals surface area contributed by atoms with Gasteiger partial charge in [0.15, 0.2) is 0 Å². The van der Waals surface area contributed by atoms with Gasteiger partial charge in [0, 0.05) is 30.4 Å². The Hall–Kier alpha value is -2.59. The lowest BCUT2D eigenvalue weighted by Crippen LogP contribution is -2.57. The Balaban J connectivity index is 1.93. The van der Waals surface area contributed by atoms with E-state index in [1.54, 1.807) is 0 Å². The average Bonchev–Trinajstić information content (AvgIpc) is 2.82. The molecule has 0 spiro atoms. The van der Waals surface area contributed by atoms with Gasteiger partial charge in [-0.2, -0.15) is 0 Å². The molecule has 1 atom stereocenters. The van der Waals surface area contributed by atoms with E-state index in [0.717, 1.165) is 25.2 Å². The SMILES string of the molecule is NC(=O)C12Cc3ccccc3Cn3c1c(c1ccccc13)CCN2. The number of hydrogen-bond acceptors (Lipinski definition) is 2. The number of carbonyl (C=O) groups excluding carboxylic acids is 1. The van der Waals surface area contributed by atoms with Crippen LogP contribution in [0.4, 0.5) is 0 Å². The summed E-state index contributed by atoms with van der Waals surface area (Å²) in [5, 5.41) is 4.73. The summed E-state index contributed by atoms with van der Waals surface area (Å²) in [5.74, 6) is -0.288. The fourth-order valence-electron chi connectivity index (χ4n) is 4.54. The standard InChI is InChI=1S/C20H19N3O/c21-19(24)20-11-13-5-1-2-6-14(13)12-23-17-8-4-3-7-15(17)16(18(20)23)9-10-22-20/h1-8,22H,9-12H2,(H2,21,24). The second-order valence-electron chi connectivity index (χ2n) is 6.82. The molecule has 1 aromatic heterocycles. The molecule has 3 aromatic rings. The molecule has 5 rings (SSSR count). The van der Waals surface area contributed by atoms with Crippen molar-refractivity contribution in [1.29, 1.82) is 0 Å². The van der Waals surface area contributed by atoms with E-state index in [4.69, 9.17) is 5.73 Å². The largest absolute Gasteiger partial charge is 0.368 e. The predicted octanol–water partition coefficient (Wildman–Crippen LogP) is 2.07. The van der Waals surface area contributed by atoms with Crippen LogP contribution < -0.4 is 11.1 Å². The number of nitrogens with one attached hydrogen (secondary N) is 1. The molecule has 3 heterocycles. The molecule has 4 nitrogen and oxygen atoms in total. The first-order valence-electron chi connectivity index (χ1n) is 8.43. The van der Waals surface area contributed by atoms with Gasteiger partial charge in [-0.05, 0) is 29.2 Å². The van der Waals surface area contributed by atoms with Crippen molar-refractivity contribution in [2.24, 2.45) is 5.73 Å². The molecule has 0 bridgehead atoms. The fraction of sp³-hybridized carbons (Fsp3) is 0.250. The molecule has 0 saturated heterocycles. The maximum atomic E-state index is 12.6. The van der Waals surface area contributed by atoms with Crippen LogP contribution in [0.25, 0.3) is 10.9 Å². The van der Waals surface area contributed by atoms with Gasteiger partial charge in [-0.15, -0.1) is 0 Å². The summed E-state index contributed by atoms with van der Waals surface area (Å²) in [6.07, 6.45) is 1.54. The van der Waals surface area contributed by atoms with Crippen molar-refractivity contribution in [3.63, 3.8) is 0 Å². The van der Waals surface area contributed by atoms with Gasteiger partial charge in [0.2, 0.25) is 5.91 Å². The molecule has 2 aliphatic heterocycles. The van der Waals surface area contributed by atoms with Gasteiger partial charge >= 0.3 is 0 Å². The third kappa shape index (κ3) is 1.64. The molecule has 24 heavy (non-hydrogen) atoms. The number of carbonyl (C=O) groups is 1. The topological polar surface area (TPSA) is 60.1 Å². The monoisotopic (exact) mass is 317 g/mol. The van der Waals surface area contributed by atoms with E-state index in [9.17, 15) is 4.79 Å². The van der Waals surface area contributed by atoms with Crippen LogP contribution in [-0.4, -0.2) is 17.0 Å². The summed E-state index contributed by atoms with van der Waals surface area (Å²) >= 11 is 0. The number of aromatic nitrogens is 1. The number of amides is 1. The van der Waals surface area contributed by atoms with Gasteiger partial charge in [0.1, 0.15) is 5.54 Å². The van der Waals surface area contributed by atoms with Crippen molar-refractivity contribution < 1.29 is 4.79 Å². The highest BCUT2D eigenvalue weighted by Crippen LogP contribution is 2.41. The zero-order valence-electron chi connectivity index (χ0n) is 13.4. The first kappa shape index (κ1) is 13.8. The van der Waals surface area contributed by atoms with Crippen LogP contribution in [0.3, 0.4) is 0 Å². The third-order valence-electron chi connectivity index (χ3n) is 5.60. The van der Waals surface area contributed by atoms with Gasteiger partial charge in [-0.25, -0.2) is 0 Å². The van der Waals surface area contributed by atoms with Crippen LogP contribution >= 0.6 is 0 Å². The van der Waals surface area contributed by atoms with Crippen molar-refractivity contribution in [2.45, 2.75) is 24.9 Å². The summed E-state index contributed by atoms with van der Waals surface area (Å²) in [5.41, 5.74) is 11.1. The molecule has 0 aliphatic carbocycles. The normalized spacial score (nSPS) is 21.8. The molecule has 0 fully saturated rings. The Bertz CT molecular complexity index is 988. The number of rotatable bonds is 1. The van der Waals surface area contributed by atoms with Crippen LogP contribution in [0.2, 0.25) is 0 Å². The molecule has 1 unspecified atom stereocenters. The number of hydrogen-bond donors (Lipinski definition) is 2. The summed E-state index contributed by atoms with van der Waals surface area (Å²) in [6.45, 7) is 1.55. The van der Waals surface area contributed by atoms with Crippen molar-refractivity contribution in [1.82, 2.24) is 9.88 Å². The zero-order chi connectivity index (χ0) is 16.3.